The molecule has 0 radical (unpaired) electrons. The highest BCUT2D eigenvalue weighted by molar-refractivity contribution is 6.07. The Labute approximate surface area is 154 Å². The van der Waals surface area contributed by atoms with Gasteiger partial charge in [-0.3, -0.25) is 4.79 Å². The van der Waals surface area contributed by atoms with Gasteiger partial charge in [-0.05, 0) is 51.3 Å². The topological polar surface area (TPSA) is 33.2 Å². The van der Waals surface area contributed by atoms with Crippen molar-refractivity contribution in [2.45, 2.75) is 33.1 Å². The number of rotatable bonds is 2. The summed E-state index contributed by atoms with van der Waals surface area (Å²) in [5, 5.41) is 0.955. The van der Waals surface area contributed by atoms with Crippen LogP contribution < -0.4 is 0 Å². The highest BCUT2D eigenvalue weighted by Crippen LogP contribution is 2.27. The summed E-state index contributed by atoms with van der Waals surface area (Å²) in [6.45, 7) is 5.84. The van der Waals surface area contributed by atoms with Crippen LogP contribution in [0.25, 0.3) is 22.2 Å². The van der Waals surface area contributed by atoms with Crippen molar-refractivity contribution in [2.24, 2.45) is 0 Å². The fourth-order valence-electron chi connectivity index (χ4n) is 3.66. The molecule has 1 fully saturated rings. The van der Waals surface area contributed by atoms with Crippen molar-refractivity contribution in [1.29, 1.82) is 0 Å². The number of benzene rings is 2. The lowest BCUT2D eigenvalue weighted by Crippen LogP contribution is -2.35. The maximum absolute atomic E-state index is 13.3. The molecule has 0 spiro atoms. The zero-order valence-electron chi connectivity index (χ0n) is 15.5. The van der Waals surface area contributed by atoms with Crippen molar-refractivity contribution in [3.63, 3.8) is 0 Å². The van der Waals surface area contributed by atoms with Crippen LogP contribution in [0.15, 0.2) is 48.5 Å². The number of likely N-dealkylation sites (tertiary alicyclic amines) is 1. The number of pyridine rings is 1. The van der Waals surface area contributed by atoms with E-state index in [0.717, 1.165) is 59.2 Å². The van der Waals surface area contributed by atoms with E-state index in [2.05, 4.69) is 50.2 Å². The number of nitrogens with zero attached hydrogens (tertiary/aromatic N) is 2. The van der Waals surface area contributed by atoms with Crippen LogP contribution in [0.2, 0.25) is 0 Å². The summed E-state index contributed by atoms with van der Waals surface area (Å²) >= 11 is 0. The van der Waals surface area contributed by atoms with E-state index in [1.807, 2.05) is 17.0 Å². The van der Waals surface area contributed by atoms with Crippen molar-refractivity contribution < 1.29 is 4.79 Å². The van der Waals surface area contributed by atoms with Crippen LogP contribution in [0.1, 0.15) is 40.7 Å². The van der Waals surface area contributed by atoms with Crippen LogP contribution in [0.3, 0.4) is 0 Å². The molecule has 1 aliphatic heterocycles. The fourth-order valence-corrected chi connectivity index (χ4v) is 3.66. The third-order valence-electron chi connectivity index (χ3n) is 5.19. The quantitative estimate of drug-likeness (QED) is 0.644. The average molecular weight is 344 g/mol. The SMILES string of the molecule is Cc1ccc(-c2cc(C(=O)N3CCCCC3)c3cc(C)ccc3n2)cc1. The van der Waals surface area contributed by atoms with Crippen molar-refractivity contribution in [1.82, 2.24) is 9.88 Å². The van der Waals surface area contributed by atoms with Gasteiger partial charge >= 0.3 is 0 Å². The molecule has 0 bridgehead atoms. The molecule has 0 aliphatic carbocycles. The number of piperidine rings is 1. The number of hydrogen-bond acceptors (Lipinski definition) is 2. The highest BCUT2D eigenvalue weighted by Gasteiger charge is 2.21. The van der Waals surface area contributed by atoms with Gasteiger partial charge in [-0.15, -0.1) is 0 Å². The third-order valence-corrected chi connectivity index (χ3v) is 5.19. The molecule has 3 aromatic rings. The van der Waals surface area contributed by atoms with Gasteiger partial charge in [-0.25, -0.2) is 4.98 Å². The largest absolute Gasteiger partial charge is 0.339 e. The van der Waals surface area contributed by atoms with Crippen LogP contribution in [-0.4, -0.2) is 28.9 Å². The first-order valence-corrected chi connectivity index (χ1v) is 9.39. The lowest BCUT2D eigenvalue weighted by atomic mass is 10.0. The van der Waals surface area contributed by atoms with Crippen LogP contribution >= 0.6 is 0 Å². The van der Waals surface area contributed by atoms with E-state index in [0.29, 0.717) is 0 Å². The Morgan fingerprint density at radius 1 is 0.885 bits per heavy atom. The number of fused-ring (bicyclic) bond motifs is 1. The number of carbonyl (C=O) groups is 1. The molecule has 3 heteroatoms. The van der Waals surface area contributed by atoms with Gasteiger partial charge in [-0.1, -0.05) is 41.5 Å². The third kappa shape index (κ3) is 3.22. The predicted octanol–water partition coefficient (Wildman–Crippen LogP) is 5.14. The van der Waals surface area contributed by atoms with Gasteiger partial charge in [-0.2, -0.15) is 0 Å². The second kappa shape index (κ2) is 6.91. The van der Waals surface area contributed by atoms with Crippen molar-refractivity contribution in [3.05, 3.63) is 65.2 Å². The van der Waals surface area contributed by atoms with Gasteiger partial charge in [0.25, 0.3) is 5.91 Å². The lowest BCUT2D eigenvalue weighted by Gasteiger charge is -2.27. The highest BCUT2D eigenvalue weighted by atomic mass is 16.2. The number of amides is 1. The first kappa shape index (κ1) is 16.8. The summed E-state index contributed by atoms with van der Waals surface area (Å²) in [5.41, 5.74) is 5.93. The van der Waals surface area contributed by atoms with E-state index >= 15 is 0 Å². The molecule has 1 aliphatic rings. The molecule has 1 amide bonds. The second-order valence-corrected chi connectivity index (χ2v) is 7.29. The van der Waals surface area contributed by atoms with Gasteiger partial charge in [0.15, 0.2) is 0 Å². The Bertz CT molecular complexity index is 954. The Morgan fingerprint density at radius 3 is 2.31 bits per heavy atom. The van der Waals surface area contributed by atoms with E-state index < -0.39 is 0 Å². The molecule has 2 heterocycles. The van der Waals surface area contributed by atoms with Gasteiger partial charge in [0.1, 0.15) is 0 Å². The summed E-state index contributed by atoms with van der Waals surface area (Å²) in [4.78, 5) is 20.1. The Balaban J connectivity index is 1.86. The maximum Gasteiger partial charge on any atom is 0.254 e. The normalized spacial score (nSPS) is 14.6. The summed E-state index contributed by atoms with van der Waals surface area (Å²) in [6.07, 6.45) is 3.41. The van der Waals surface area contributed by atoms with Gasteiger partial charge in [0, 0.05) is 24.0 Å². The molecular formula is C23H24N2O. The molecule has 1 aromatic heterocycles. The smallest absolute Gasteiger partial charge is 0.254 e. The minimum atomic E-state index is 0.135. The summed E-state index contributed by atoms with van der Waals surface area (Å²) in [7, 11) is 0. The lowest BCUT2D eigenvalue weighted by molar-refractivity contribution is 0.0726. The molecule has 0 unspecified atom stereocenters. The summed E-state index contributed by atoms with van der Waals surface area (Å²) < 4.78 is 0. The van der Waals surface area contributed by atoms with Gasteiger partial charge < -0.3 is 4.90 Å². The van der Waals surface area contributed by atoms with Gasteiger partial charge in [0.2, 0.25) is 0 Å². The molecule has 2 aromatic carbocycles. The standard InChI is InChI=1S/C23H24N2O/c1-16-6-9-18(10-7-16)22-15-20(23(26)25-12-4-3-5-13-25)19-14-17(2)8-11-21(19)24-22/h6-11,14-15H,3-5,12-13H2,1-2H3. The van der Waals surface area contributed by atoms with E-state index in [1.165, 1.54) is 12.0 Å². The Hall–Kier alpha value is -2.68. The monoisotopic (exact) mass is 344 g/mol. The molecule has 3 nitrogen and oxygen atoms in total. The van der Waals surface area contributed by atoms with Crippen LogP contribution in [0, 0.1) is 13.8 Å². The number of hydrogen-bond donors (Lipinski definition) is 0. The molecule has 26 heavy (non-hydrogen) atoms. The van der Waals surface area contributed by atoms with E-state index in [1.54, 1.807) is 0 Å². The van der Waals surface area contributed by atoms with Crippen LogP contribution in [0.5, 0.6) is 0 Å². The van der Waals surface area contributed by atoms with Crippen molar-refractivity contribution in [2.75, 3.05) is 13.1 Å². The Kier molecular flexibility index (Phi) is 4.46. The molecule has 4 rings (SSSR count). The fraction of sp³-hybridized carbons (Fsp3) is 0.304. The van der Waals surface area contributed by atoms with Crippen LogP contribution in [-0.2, 0) is 0 Å². The first-order chi connectivity index (χ1) is 12.6. The zero-order chi connectivity index (χ0) is 18.1. The maximum atomic E-state index is 13.3. The van der Waals surface area contributed by atoms with Crippen molar-refractivity contribution >= 4 is 16.8 Å². The summed E-state index contributed by atoms with van der Waals surface area (Å²) in [5.74, 6) is 0.135. The molecule has 0 saturated carbocycles. The number of carbonyl (C=O) groups excluding carboxylic acids is 1. The Morgan fingerprint density at radius 2 is 1.58 bits per heavy atom. The van der Waals surface area contributed by atoms with E-state index in [-0.39, 0.29) is 5.91 Å². The average Bonchev–Trinajstić information content (AvgIpc) is 2.68. The first-order valence-electron chi connectivity index (χ1n) is 9.39. The van der Waals surface area contributed by atoms with Gasteiger partial charge in [0.05, 0.1) is 16.8 Å². The van der Waals surface area contributed by atoms with Crippen molar-refractivity contribution in [3.8, 4) is 11.3 Å². The number of aromatic nitrogens is 1. The van der Waals surface area contributed by atoms with Crippen LogP contribution in [0.4, 0.5) is 0 Å². The molecule has 0 N–H and O–H groups in total. The second-order valence-electron chi connectivity index (χ2n) is 7.29. The van der Waals surface area contributed by atoms with E-state index in [9.17, 15) is 4.79 Å². The number of aryl methyl sites for hydroxylation is 2. The summed E-state index contributed by atoms with van der Waals surface area (Å²) in [6, 6.07) is 16.5. The zero-order valence-corrected chi connectivity index (χ0v) is 15.5. The molecular weight excluding hydrogens is 320 g/mol. The predicted molar refractivity (Wildman–Crippen MR) is 106 cm³/mol. The molecule has 1 saturated heterocycles. The molecule has 0 atom stereocenters. The molecule has 132 valence electrons. The van der Waals surface area contributed by atoms with E-state index in [4.69, 9.17) is 4.98 Å². The minimum Gasteiger partial charge on any atom is -0.339 e. The minimum absolute atomic E-state index is 0.135.